The van der Waals surface area contributed by atoms with Gasteiger partial charge in [0, 0.05) is 18.8 Å². The van der Waals surface area contributed by atoms with Crippen LogP contribution in [0.25, 0.3) is 0 Å². The van der Waals surface area contributed by atoms with Crippen LogP contribution >= 0.6 is 0 Å². The zero-order valence-electron chi connectivity index (χ0n) is 20.4. The van der Waals surface area contributed by atoms with Crippen LogP contribution in [0, 0.1) is 12.8 Å². The Morgan fingerprint density at radius 3 is 2.15 bits per heavy atom. The van der Waals surface area contributed by atoms with Gasteiger partial charge < -0.3 is 24.3 Å². The summed E-state index contributed by atoms with van der Waals surface area (Å²) in [7, 11) is 0. The van der Waals surface area contributed by atoms with Crippen LogP contribution in [0.3, 0.4) is 0 Å². The van der Waals surface area contributed by atoms with Crippen LogP contribution in [0.5, 0.6) is 0 Å². The number of fused-ring (bicyclic) bond motifs is 1. The third-order valence-corrected chi connectivity index (χ3v) is 5.53. The van der Waals surface area contributed by atoms with Crippen LogP contribution in [0.1, 0.15) is 17.9 Å². The number of rotatable bonds is 3. The van der Waals surface area contributed by atoms with E-state index in [0.717, 1.165) is 43.2 Å². The Labute approximate surface area is 217 Å². The maximum atomic E-state index is 13.1. The largest absolute Gasteiger partial charge is 0.490 e. The molecule has 10 nitrogen and oxygen atoms in total. The molecule has 0 aliphatic carbocycles. The van der Waals surface area contributed by atoms with Gasteiger partial charge in [-0.05, 0) is 44.2 Å². The zero-order valence-corrected chi connectivity index (χ0v) is 20.4. The average Bonchev–Trinajstić information content (AvgIpc) is 3.29. The minimum Gasteiger partial charge on any atom is -0.475 e. The second-order valence-corrected chi connectivity index (χ2v) is 8.37. The molecule has 0 bridgehead atoms. The van der Waals surface area contributed by atoms with Gasteiger partial charge in [-0.3, -0.25) is 14.7 Å². The van der Waals surface area contributed by atoms with Crippen LogP contribution in [0.4, 0.5) is 32.0 Å². The highest BCUT2D eigenvalue weighted by Gasteiger charge is 2.40. The number of ether oxygens (including phenoxy) is 1. The van der Waals surface area contributed by atoms with Crippen molar-refractivity contribution in [2.75, 3.05) is 31.1 Å². The van der Waals surface area contributed by atoms with E-state index in [1.807, 2.05) is 36.1 Å². The molecular weight excluding hydrogens is 544 g/mol. The molecule has 0 radical (unpaired) electrons. The van der Waals surface area contributed by atoms with E-state index in [9.17, 15) is 31.1 Å². The van der Waals surface area contributed by atoms with Crippen LogP contribution in [-0.4, -0.2) is 82.6 Å². The van der Waals surface area contributed by atoms with Gasteiger partial charge in [0.2, 0.25) is 5.91 Å². The number of carboxylic acids is 2. The third kappa shape index (κ3) is 9.86. The fourth-order valence-corrected chi connectivity index (χ4v) is 3.68. The Kier molecular flexibility index (Phi) is 10.9. The molecule has 2 aliphatic heterocycles. The monoisotopic (exact) mass is 569 g/mol. The minimum absolute atomic E-state index is 0.0559. The van der Waals surface area contributed by atoms with E-state index in [0.29, 0.717) is 13.2 Å². The number of hydrogen-bond donors (Lipinski definition) is 2. The Bertz CT molecular complexity index is 1070. The number of halogens is 6. The highest BCUT2D eigenvalue weighted by Crippen LogP contribution is 2.28. The number of aromatic nitrogens is 1. The normalized spacial score (nSPS) is 20.0. The summed E-state index contributed by atoms with van der Waals surface area (Å²) in [5.74, 6) is -4.49. The van der Waals surface area contributed by atoms with E-state index in [4.69, 9.17) is 29.0 Å². The SMILES string of the molecule is Cc1ccc(N2CCO[C@H]3CN(Cc4ccco4)CC[C@H]3C2=O)cn1.O=C(O)C(F)(F)F.O=C(O)C(F)(F)F. The number of pyridine rings is 1. The topological polar surface area (TPSA) is 133 Å². The molecule has 2 aromatic heterocycles. The maximum absolute atomic E-state index is 13.1. The molecule has 2 aromatic rings. The molecular formula is C23H25F6N3O7. The first-order valence-electron chi connectivity index (χ1n) is 11.3. The van der Waals surface area contributed by atoms with Crippen molar-refractivity contribution in [2.45, 2.75) is 38.3 Å². The van der Waals surface area contributed by atoms with Gasteiger partial charge in [-0.25, -0.2) is 9.59 Å². The fraction of sp³-hybridized carbons (Fsp3) is 0.478. The summed E-state index contributed by atoms with van der Waals surface area (Å²) in [6.45, 7) is 5.47. The number of anilines is 1. The van der Waals surface area contributed by atoms with Gasteiger partial charge in [0.1, 0.15) is 5.76 Å². The standard InChI is InChI=1S/C19H23N3O3.2C2HF3O2/c1-14-4-5-15(11-20-14)22-8-10-25-18-13-21(7-6-17(18)19(22)23)12-16-3-2-9-24-16;2*3-2(4,5)1(6)7/h2-5,9,11,17-18H,6-8,10,12-13H2,1H3;2*(H,6,7)/t17-,18+;;/m1../s1. The average molecular weight is 569 g/mol. The van der Waals surface area contributed by atoms with Crippen LogP contribution in [0.15, 0.2) is 41.1 Å². The Balaban J connectivity index is 0.000000317. The number of carboxylic acid groups (broad SMARTS) is 2. The van der Waals surface area contributed by atoms with E-state index in [1.54, 1.807) is 12.5 Å². The molecule has 2 N–H and O–H groups in total. The van der Waals surface area contributed by atoms with E-state index in [2.05, 4.69) is 9.88 Å². The molecule has 1 amide bonds. The molecule has 2 aliphatic rings. The summed E-state index contributed by atoms with van der Waals surface area (Å²) in [6.07, 6.45) is -5.94. The van der Waals surface area contributed by atoms with E-state index < -0.39 is 24.3 Å². The molecule has 216 valence electrons. The molecule has 0 aromatic carbocycles. The predicted molar refractivity (Wildman–Crippen MR) is 121 cm³/mol. The van der Waals surface area contributed by atoms with Gasteiger partial charge in [-0.1, -0.05) is 0 Å². The minimum atomic E-state index is -5.08. The molecule has 2 fully saturated rings. The summed E-state index contributed by atoms with van der Waals surface area (Å²) in [6, 6.07) is 7.79. The van der Waals surface area contributed by atoms with Gasteiger partial charge in [-0.2, -0.15) is 26.3 Å². The summed E-state index contributed by atoms with van der Waals surface area (Å²) < 4.78 is 75.0. The van der Waals surface area contributed by atoms with Gasteiger partial charge in [0.15, 0.2) is 0 Å². The highest BCUT2D eigenvalue weighted by molar-refractivity contribution is 5.95. The number of alkyl halides is 6. The molecule has 2 atom stereocenters. The lowest BCUT2D eigenvalue weighted by molar-refractivity contribution is -0.193. The molecule has 4 heterocycles. The highest BCUT2D eigenvalue weighted by atomic mass is 19.4. The number of hydrogen-bond acceptors (Lipinski definition) is 7. The number of aliphatic carboxylic acids is 2. The number of piperidine rings is 1. The molecule has 4 rings (SSSR count). The summed E-state index contributed by atoms with van der Waals surface area (Å²) >= 11 is 0. The van der Waals surface area contributed by atoms with E-state index in [1.165, 1.54) is 0 Å². The van der Waals surface area contributed by atoms with Gasteiger partial charge in [0.05, 0.1) is 43.3 Å². The number of furan rings is 1. The number of amides is 1. The third-order valence-electron chi connectivity index (χ3n) is 5.53. The molecule has 0 spiro atoms. The van der Waals surface area contributed by atoms with Crippen molar-refractivity contribution in [2.24, 2.45) is 5.92 Å². The molecule has 2 saturated heterocycles. The Morgan fingerprint density at radius 1 is 1.05 bits per heavy atom. The van der Waals surface area contributed by atoms with Gasteiger partial charge in [0.25, 0.3) is 0 Å². The lowest BCUT2D eigenvalue weighted by Gasteiger charge is -2.36. The van der Waals surface area contributed by atoms with E-state index >= 15 is 0 Å². The van der Waals surface area contributed by atoms with Crippen molar-refractivity contribution in [3.8, 4) is 0 Å². The predicted octanol–water partition coefficient (Wildman–Crippen LogP) is 3.50. The number of aryl methyl sites for hydroxylation is 1. The zero-order chi connectivity index (χ0) is 29.4. The first kappa shape index (κ1) is 31.6. The van der Waals surface area contributed by atoms with Crippen molar-refractivity contribution < 1.29 is 60.1 Å². The quantitative estimate of drug-likeness (QED) is 0.533. The summed E-state index contributed by atoms with van der Waals surface area (Å²) in [4.78, 5) is 39.3. The van der Waals surface area contributed by atoms with Crippen molar-refractivity contribution in [3.05, 3.63) is 48.2 Å². The number of likely N-dealkylation sites (tertiary alicyclic amines) is 1. The summed E-state index contributed by atoms with van der Waals surface area (Å²) in [5.41, 5.74) is 1.81. The number of carbonyl (C=O) groups is 3. The van der Waals surface area contributed by atoms with Crippen molar-refractivity contribution in [3.63, 3.8) is 0 Å². The molecule has 0 unspecified atom stereocenters. The first-order valence-corrected chi connectivity index (χ1v) is 11.3. The molecule has 16 heteroatoms. The Morgan fingerprint density at radius 2 is 1.67 bits per heavy atom. The van der Waals surface area contributed by atoms with E-state index in [-0.39, 0.29) is 17.9 Å². The van der Waals surface area contributed by atoms with Gasteiger partial charge >= 0.3 is 24.3 Å². The van der Waals surface area contributed by atoms with Crippen LogP contribution in [0.2, 0.25) is 0 Å². The number of nitrogens with zero attached hydrogens (tertiary/aromatic N) is 3. The molecule has 39 heavy (non-hydrogen) atoms. The second kappa shape index (κ2) is 13.4. The smallest absolute Gasteiger partial charge is 0.475 e. The van der Waals surface area contributed by atoms with Crippen molar-refractivity contribution in [1.29, 1.82) is 0 Å². The maximum Gasteiger partial charge on any atom is 0.490 e. The van der Waals surface area contributed by atoms with Gasteiger partial charge in [-0.15, -0.1) is 0 Å². The van der Waals surface area contributed by atoms with Crippen molar-refractivity contribution >= 4 is 23.5 Å². The van der Waals surface area contributed by atoms with Crippen molar-refractivity contribution in [1.82, 2.24) is 9.88 Å². The second-order valence-electron chi connectivity index (χ2n) is 8.37. The fourth-order valence-electron chi connectivity index (χ4n) is 3.68. The first-order chi connectivity index (χ1) is 18.1. The van der Waals surface area contributed by atoms with Crippen LogP contribution in [-0.2, 0) is 25.7 Å². The summed E-state index contributed by atoms with van der Waals surface area (Å²) in [5, 5.41) is 14.2. The lowest BCUT2D eigenvalue weighted by Crippen LogP contribution is -2.49. The molecule has 0 saturated carbocycles. The Hall–Kier alpha value is -3.66. The number of carbonyl (C=O) groups excluding carboxylic acids is 1. The van der Waals surface area contributed by atoms with Crippen LogP contribution < -0.4 is 4.90 Å². The lowest BCUT2D eigenvalue weighted by atomic mass is 9.92.